The van der Waals surface area contributed by atoms with Gasteiger partial charge in [0, 0.05) is 0 Å². The van der Waals surface area contributed by atoms with Crippen molar-refractivity contribution in [3.8, 4) is 0 Å². The first-order chi connectivity index (χ1) is 11.0. The summed E-state index contributed by atoms with van der Waals surface area (Å²) in [6, 6.07) is -1.83. The van der Waals surface area contributed by atoms with Gasteiger partial charge in [0.05, 0.1) is 25.9 Å². The second kappa shape index (κ2) is 10.1. The first-order valence-electron chi connectivity index (χ1n) is 7.91. The molecule has 2 amide bonds. The van der Waals surface area contributed by atoms with Crippen molar-refractivity contribution >= 4 is 18.0 Å². The zero-order chi connectivity index (χ0) is 18.9. The number of carbonyl (C=O) groups is 3. The summed E-state index contributed by atoms with van der Waals surface area (Å²) in [6.07, 6.45) is -0.716. The highest BCUT2D eigenvalue weighted by atomic mass is 16.6. The molecule has 0 saturated carbocycles. The topological polar surface area (TPSA) is 103 Å². The molecule has 0 aromatic carbocycles. The van der Waals surface area contributed by atoms with E-state index < -0.39 is 35.7 Å². The fraction of sp³-hybridized carbons (Fsp3) is 0.812. The third-order valence-electron chi connectivity index (χ3n) is 2.75. The Morgan fingerprint density at radius 1 is 1.00 bits per heavy atom. The summed E-state index contributed by atoms with van der Waals surface area (Å²) >= 11 is 0. The molecular weight excluding hydrogens is 316 g/mol. The maximum Gasteiger partial charge on any atom is 0.407 e. The van der Waals surface area contributed by atoms with Crippen molar-refractivity contribution in [2.24, 2.45) is 5.92 Å². The fourth-order valence-electron chi connectivity index (χ4n) is 1.49. The highest BCUT2D eigenvalue weighted by Gasteiger charge is 2.27. The van der Waals surface area contributed by atoms with E-state index in [9.17, 15) is 14.4 Å². The molecule has 0 aliphatic heterocycles. The van der Waals surface area contributed by atoms with Gasteiger partial charge in [-0.25, -0.2) is 9.59 Å². The summed E-state index contributed by atoms with van der Waals surface area (Å²) in [6.45, 7) is 11.0. The Labute approximate surface area is 143 Å². The summed E-state index contributed by atoms with van der Waals surface area (Å²) in [7, 11) is 1.23. The number of hydrogen-bond donors (Lipinski definition) is 2. The van der Waals surface area contributed by atoms with Gasteiger partial charge in [0.2, 0.25) is 5.91 Å². The van der Waals surface area contributed by atoms with E-state index in [0.29, 0.717) is 0 Å². The van der Waals surface area contributed by atoms with Crippen LogP contribution >= 0.6 is 0 Å². The number of hydrogen-bond acceptors (Lipinski definition) is 6. The van der Waals surface area contributed by atoms with Crippen LogP contribution in [-0.4, -0.2) is 56.0 Å². The van der Waals surface area contributed by atoms with E-state index in [1.807, 2.05) is 34.6 Å². The van der Waals surface area contributed by atoms with Crippen LogP contribution in [0.2, 0.25) is 0 Å². The van der Waals surface area contributed by atoms with Gasteiger partial charge in [-0.1, -0.05) is 13.8 Å². The van der Waals surface area contributed by atoms with Gasteiger partial charge in [0.15, 0.2) is 0 Å². The maximum absolute atomic E-state index is 12.3. The number of carbonyl (C=O) groups excluding carboxylic acids is 3. The lowest BCUT2D eigenvalue weighted by Crippen LogP contribution is -2.53. The van der Waals surface area contributed by atoms with Crippen LogP contribution in [0.25, 0.3) is 0 Å². The van der Waals surface area contributed by atoms with Crippen molar-refractivity contribution in [2.75, 3.05) is 20.3 Å². The van der Waals surface area contributed by atoms with Crippen molar-refractivity contribution in [2.45, 2.75) is 59.2 Å². The Kier molecular flexibility index (Phi) is 9.35. The molecule has 24 heavy (non-hydrogen) atoms. The van der Waals surface area contributed by atoms with Crippen molar-refractivity contribution in [1.82, 2.24) is 10.6 Å². The molecule has 1 unspecified atom stereocenters. The van der Waals surface area contributed by atoms with Crippen LogP contribution in [0.1, 0.15) is 41.5 Å². The average Bonchev–Trinajstić information content (AvgIpc) is 2.47. The second-order valence-corrected chi connectivity index (χ2v) is 6.87. The number of methoxy groups -OCH3 is 1. The molecule has 0 aromatic rings. The van der Waals surface area contributed by atoms with E-state index in [4.69, 9.17) is 9.47 Å². The lowest BCUT2D eigenvalue weighted by Gasteiger charge is -2.25. The Bertz CT molecular complexity index is 431. The van der Waals surface area contributed by atoms with E-state index >= 15 is 0 Å². The van der Waals surface area contributed by atoms with Gasteiger partial charge in [0.1, 0.15) is 12.1 Å². The molecule has 0 aromatic heterocycles. The number of nitrogens with one attached hydrogen (secondary N) is 2. The molecule has 0 fully saturated rings. The first kappa shape index (κ1) is 22.2. The van der Waals surface area contributed by atoms with E-state index in [1.165, 1.54) is 14.0 Å². The van der Waals surface area contributed by atoms with Gasteiger partial charge in [0.25, 0.3) is 0 Å². The zero-order valence-electron chi connectivity index (χ0n) is 15.6. The van der Waals surface area contributed by atoms with E-state index in [-0.39, 0.29) is 19.1 Å². The molecule has 0 aliphatic rings. The summed E-state index contributed by atoms with van der Waals surface area (Å²) in [4.78, 5) is 35.5. The van der Waals surface area contributed by atoms with Gasteiger partial charge >= 0.3 is 12.1 Å². The smallest absolute Gasteiger partial charge is 0.407 e. The van der Waals surface area contributed by atoms with Crippen molar-refractivity contribution in [1.29, 1.82) is 0 Å². The van der Waals surface area contributed by atoms with Gasteiger partial charge in [-0.05, 0) is 33.6 Å². The summed E-state index contributed by atoms with van der Waals surface area (Å²) in [5.74, 6) is -0.965. The van der Waals surface area contributed by atoms with Gasteiger partial charge in [-0.2, -0.15) is 0 Å². The predicted octanol–water partition coefficient (Wildman–Crippen LogP) is 1.23. The molecule has 0 rings (SSSR count). The molecule has 140 valence electrons. The number of ether oxygens (including phenoxy) is 3. The van der Waals surface area contributed by atoms with E-state index in [2.05, 4.69) is 15.4 Å². The predicted molar refractivity (Wildman–Crippen MR) is 88.4 cm³/mol. The Balaban J connectivity index is 4.81. The summed E-state index contributed by atoms with van der Waals surface area (Å²) in [5.41, 5.74) is -0.490. The minimum absolute atomic E-state index is 0.0556. The van der Waals surface area contributed by atoms with Crippen molar-refractivity contribution in [3.05, 3.63) is 0 Å². The highest BCUT2D eigenvalue weighted by molar-refractivity contribution is 5.89. The van der Waals surface area contributed by atoms with Crippen LogP contribution in [0.15, 0.2) is 0 Å². The van der Waals surface area contributed by atoms with Crippen LogP contribution in [0.5, 0.6) is 0 Å². The van der Waals surface area contributed by atoms with Gasteiger partial charge in [-0.3, -0.25) is 4.79 Å². The second-order valence-electron chi connectivity index (χ2n) is 6.87. The average molecular weight is 346 g/mol. The highest BCUT2D eigenvalue weighted by Crippen LogP contribution is 2.07. The van der Waals surface area contributed by atoms with Gasteiger partial charge in [-0.15, -0.1) is 0 Å². The van der Waals surface area contributed by atoms with Crippen LogP contribution in [0, 0.1) is 5.92 Å². The molecule has 0 spiro atoms. The van der Waals surface area contributed by atoms with Crippen molar-refractivity contribution in [3.63, 3.8) is 0 Å². The molecular formula is C16H30N2O6. The largest absolute Gasteiger partial charge is 0.467 e. The SMILES string of the molecule is COC(=O)[C@H](C)NC(=O)C(COC(C)(C)C)NC(=O)OCC(C)C. The van der Waals surface area contributed by atoms with Crippen LogP contribution in [0.3, 0.4) is 0 Å². The lowest BCUT2D eigenvalue weighted by atomic mass is 10.2. The Hall–Kier alpha value is -1.83. The number of amides is 2. The van der Waals surface area contributed by atoms with Crippen LogP contribution < -0.4 is 10.6 Å². The van der Waals surface area contributed by atoms with Crippen LogP contribution in [-0.2, 0) is 23.8 Å². The number of alkyl carbamates (subject to hydrolysis) is 1. The molecule has 0 heterocycles. The summed E-state index contributed by atoms with van der Waals surface area (Å²) in [5, 5.41) is 4.93. The molecule has 0 aliphatic carbocycles. The molecule has 2 N–H and O–H groups in total. The third-order valence-corrected chi connectivity index (χ3v) is 2.75. The van der Waals surface area contributed by atoms with Gasteiger partial charge < -0.3 is 24.8 Å². The maximum atomic E-state index is 12.3. The van der Waals surface area contributed by atoms with E-state index in [0.717, 1.165) is 0 Å². The zero-order valence-corrected chi connectivity index (χ0v) is 15.6. The van der Waals surface area contributed by atoms with Crippen LogP contribution in [0.4, 0.5) is 4.79 Å². The molecule has 0 radical (unpaired) electrons. The third kappa shape index (κ3) is 10.0. The molecule has 0 saturated heterocycles. The molecule has 0 bridgehead atoms. The first-order valence-corrected chi connectivity index (χ1v) is 7.91. The quantitative estimate of drug-likeness (QED) is 0.641. The molecule has 8 heteroatoms. The molecule has 8 nitrogen and oxygen atoms in total. The number of rotatable bonds is 8. The minimum Gasteiger partial charge on any atom is -0.467 e. The standard InChI is InChI=1S/C16H30N2O6/c1-10(2)8-23-15(21)18-12(9-24-16(4,5)6)13(19)17-11(3)14(20)22-7/h10-12H,8-9H2,1-7H3,(H,17,19)(H,18,21)/t11-,12?/m0/s1. The van der Waals surface area contributed by atoms with E-state index in [1.54, 1.807) is 0 Å². The Morgan fingerprint density at radius 3 is 2.04 bits per heavy atom. The Morgan fingerprint density at radius 2 is 1.58 bits per heavy atom. The number of esters is 1. The normalized spacial score (nSPS) is 13.8. The lowest BCUT2D eigenvalue weighted by molar-refractivity contribution is -0.145. The molecule has 2 atom stereocenters. The minimum atomic E-state index is -0.990. The monoisotopic (exact) mass is 346 g/mol. The summed E-state index contributed by atoms with van der Waals surface area (Å²) < 4.78 is 15.1. The van der Waals surface area contributed by atoms with Crippen molar-refractivity contribution < 1.29 is 28.6 Å². The fourth-order valence-corrected chi connectivity index (χ4v) is 1.49.